The first-order chi connectivity index (χ1) is 20.7. The van der Waals surface area contributed by atoms with E-state index in [0.717, 1.165) is 62.5 Å². The molecule has 0 atom stereocenters. The zero-order valence-electron chi connectivity index (χ0n) is 23.8. The number of hydrogen-bond donors (Lipinski definition) is 1. The third-order valence-electron chi connectivity index (χ3n) is 7.84. The van der Waals surface area contributed by atoms with Gasteiger partial charge < -0.3 is 14.8 Å². The highest BCUT2D eigenvalue weighted by molar-refractivity contribution is 7.07. The highest BCUT2D eigenvalue weighted by Crippen LogP contribution is 2.29. The van der Waals surface area contributed by atoms with Crippen molar-refractivity contribution in [2.45, 2.75) is 38.4 Å². The van der Waals surface area contributed by atoms with Crippen LogP contribution in [0.1, 0.15) is 45.7 Å². The number of nitrogens with zero attached hydrogens (tertiary/aromatic N) is 4. The normalized spacial score (nSPS) is 16.8. The van der Waals surface area contributed by atoms with Crippen molar-refractivity contribution in [2.75, 3.05) is 39.4 Å². The molecule has 0 radical (unpaired) electrons. The molecule has 2 aliphatic rings. The van der Waals surface area contributed by atoms with Gasteiger partial charge in [-0.05, 0) is 42.2 Å². The van der Waals surface area contributed by atoms with Gasteiger partial charge in [0.15, 0.2) is 5.82 Å². The van der Waals surface area contributed by atoms with Crippen LogP contribution in [-0.4, -0.2) is 70.5 Å². The first-order valence-electron chi connectivity index (χ1n) is 14.7. The Kier molecular flexibility index (Phi) is 9.51. The second-order valence-corrected chi connectivity index (χ2v) is 11.7. The Bertz CT molecular complexity index is 1430. The van der Waals surface area contributed by atoms with Crippen molar-refractivity contribution in [3.63, 3.8) is 0 Å². The van der Waals surface area contributed by atoms with Gasteiger partial charge >= 0.3 is 0 Å². The van der Waals surface area contributed by atoms with E-state index in [1.807, 2.05) is 36.4 Å². The summed E-state index contributed by atoms with van der Waals surface area (Å²) in [6, 6.07) is 26.6. The Balaban J connectivity index is 1.10. The van der Waals surface area contributed by atoms with Crippen molar-refractivity contribution in [2.24, 2.45) is 0 Å². The molecule has 2 saturated heterocycles. The lowest BCUT2D eigenvalue weighted by Gasteiger charge is -2.32. The summed E-state index contributed by atoms with van der Waals surface area (Å²) in [4.78, 5) is 22.8. The van der Waals surface area contributed by atoms with Gasteiger partial charge in [0.05, 0.1) is 13.2 Å². The number of benzene rings is 3. The second-order valence-electron chi connectivity index (χ2n) is 11.0. The van der Waals surface area contributed by atoms with Crippen LogP contribution in [0.5, 0.6) is 10.9 Å². The molecular formula is C33H37N5O3S. The minimum absolute atomic E-state index is 0.0349. The summed E-state index contributed by atoms with van der Waals surface area (Å²) in [7, 11) is 0. The molecule has 0 bridgehead atoms. The molecule has 3 heterocycles. The number of ether oxygens (including phenoxy) is 2. The van der Waals surface area contributed by atoms with E-state index >= 15 is 0 Å². The molecular weight excluding hydrogens is 546 g/mol. The fourth-order valence-corrected chi connectivity index (χ4v) is 6.08. The van der Waals surface area contributed by atoms with E-state index in [1.165, 1.54) is 17.1 Å². The molecule has 8 nitrogen and oxygen atoms in total. The van der Waals surface area contributed by atoms with Crippen molar-refractivity contribution in [1.82, 2.24) is 24.5 Å². The number of carbonyl (C=O) groups is 1. The Morgan fingerprint density at radius 3 is 2.31 bits per heavy atom. The van der Waals surface area contributed by atoms with Crippen LogP contribution in [0.4, 0.5) is 0 Å². The molecule has 0 saturated carbocycles. The maximum Gasteiger partial charge on any atom is 0.298 e. The van der Waals surface area contributed by atoms with Gasteiger partial charge in [0.1, 0.15) is 5.75 Å². The van der Waals surface area contributed by atoms with Gasteiger partial charge in [0.25, 0.3) is 11.1 Å². The Labute approximate surface area is 251 Å². The third-order valence-corrected chi connectivity index (χ3v) is 8.48. The lowest BCUT2D eigenvalue weighted by molar-refractivity contribution is 0.0339. The van der Waals surface area contributed by atoms with Gasteiger partial charge in [-0.25, -0.2) is 0 Å². The van der Waals surface area contributed by atoms with Gasteiger partial charge in [0.2, 0.25) is 0 Å². The molecule has 0 unspecified atom stereocenters. The smallest absolute Gasteiger partial charge is 0.298 e. The summed E-state index contributed by atoms with van der Waals surface area (Å²) in [6.45, 7) is 6.68. The minimum Gasteiger partial charge on any atom is -0.430 e. The van der Waals surface area contributed by atoms with Crippen LogP contribution in [0.15, 0.2) is 78.9 Å². The Hall–Kier alpha value is -3.63. The molecule has 3 aromatic carbocycles. The second kappa shape index (κ2) is 14.0. The average molecular weight is 584 g/mol. The summed E-state index contributed by atoms with van der Waals surface area (Å²) < 4.78 is 16.3. The van der Waals surface area contributed by atoms with Crippen LogP contribution in [0.2, 0.25) is 0 Å². The quantitative estimate of drug-likeness (QED) is 0.277. The zero-order valence-corrected chi connectivity index (χ0v) is 24.6. The van der Waals surface area contributed by atoms with Gasteiger partial charge in [-0.15, -0.1) is 0 Å². The Morgan fingerprint density at radius 1 is 0.881 bits per heavy atom. The standard InChI is InChI=1S/C33H37N5O3S/c39-32(34-29-13-15-37(16-14-29)23-26-9-5-2-6-10-26)27-11-12-30(28(22-27)24-38-17-19-40-20-18-38)41-33-35-31(36-42-33)21-25-7-3-1-4-8-25/h1-12,22,29H,13-21,23-24H2,(H,34,39). The molecule has 1 aromatic heterocycles. The topological polar surface area (TPSA) is 79.8 Å². The molecule has 42 heavy (non-hydrogen) atoms. The highest BCUT2D eigenvalue weighted by Gasteiger charge is 2.23. The van der Waals surface area contributed by atoms with E-state index in [9.17, 15) is 4.79 Å². The van der Waals surface area contributed by atoms with Crippen molar-refractivity contribution in [3.8, 4) is 10.9 Å². The monoisotopic (exact) mass is 583 g/mol. The Morgan fingerprint density at radius 2 is 1.57 bits per heavy atom. The molecule has 1 amide bonds. The van der Waals surface area contributed by atoms with Gasteiger partial charge in [-0.1, -0.05) is 60.7 Å². The largest absolute Gasteiger partial charge is 0.430 e. The molecule has 0 aliphatic carbocycles. The maximum absolute atomic E-state index is 13.4. The molecule has 2 fully saturated rings. The number of rotatable bonds is 10. The molecule has 6 rings (SSSR count). The fraction of sp³-hybridized carbons (Fsp3) is 0.364. The van der Waals surface area contributed by atoms with Gasteiger partial charge in [-0.2, -0.15) is 9.36 Å². The molecule has 1 N–H and O–H groups in total. The number of morpholine rings is 1. The van der Waals surface area contributed by atoms with Crippen molar-refractivity contribution in [1.29, 1.82) is 0 Å². The van der Waals surface area contributed by atoms with Crippen LogP contribution in [0, 0.1) is 0 Å². The first-order valence-corrected chi connectivity index (χ1v) is 15.5. The third kappa shape index (κ3) is 7.80. The fourth-order valence-electron chi connectivity index (χ4n) is 5.51. The molecule has 2 aliphatic heterocycles. The van der Waals surface area contributed by atoms with E-state index in [-0.39, 0.29) is 11.9 Å². The number of likely N-dealkylation sites (tertiary alicyclic amines) is 1. The van der Waals surface area contributed by atoms with Gasteiger partial charge in [-0.3, -0.25) is 14.6 Å². The molecule has 218 valence electrons. The van der Waals surface area contributed by atoms with Crippen molar-refractivity contribution in [3.05, 3.63) is 107 Å². The zero-order chi connectivity index (χ0) is 28.6. The van der Waals surface area contributed by atoms with E-state index in [0.29, 0.717) is 42.7 Å². The number of hydrogen-bond acceptors (Lipinski definition) is 8. The van der Waals surface area contributed by atoms with Crippen LogP contribution in [-0.2, 0) is 24.2 Å². The number of amides is 1. The molecule has 4 aromatic rings. The summed E-state index contributed by atoms with van der Waals surface area (Å²) >= 11 is 1.25. The van der Waals surface area contributed by atoms with Crippen LogP contribution < -0.4 is 10.1 Å². The van der Waals surface area contributed by atoms with Crippen molar-refractivity contribution < 1.29 is 14.3 Å². The van der Waals surface area contributed by atoms with Crippen molar-refractivity contribution >= 4 is 17.4 Å². The lowest BCUT2D eigenvalue weighted by Crippen LogP contribution is -2.44. The van der Waals surface area contributed by atoms with E-state index in [1.54, 1.807) is 0 Å². The number of nitrogens with one attached hydrogen (secondary N) is 1. The van der Waals surface area contributed by atoms with E-state index in [2.05, 4.69) is 66.9 Å². The number of aromatic nitrogens is 2. The average Bonchev–Trinajstić information content (AvgIpc) is 3.47. The summed E-state index contributed by atoms with van der Waals surface area (Å²) in [5, 5.41) is 3.79. The van der Waals surface area contributed by atoms with Crippen LogP contribution in [0.3, 0.4) is 0 Å². The number of carbonyl (C=O) groups excluding carboxylic acids is 1. The molecule has 9 heteroatoms. The van der Waals surface area contributed by atoms with Crippen LogP contribution >= 0.6 is 11.5 Å². The van der Waals surface area contributed by atoms with Crippen LogP contribution in [0.25, 0.3) is 0 Å². The first kappa shape index (κ1) is 28.5. The predicted octanol–water partition coefficient (Wildman–Crippen LogP) is 5.15. The highest BCUT2D eigenvalue weighted by atomic mass is 32.1. The lowest BCUT2D eigenvalue weighted by atomic mass is 10.0. The summed E-state index contributed by atoms with van der Waals surface area (Å²) in [5.74, 6) is 1.41. The van der Waals surface area contributed by atoms with E-state index in [4.69, 9.17) is 9.47 Å². The minimum atomic E-state index is -0.0349. The van der Waals surface area contributed by atoms with Gasteiger partial charge in [0, 0.05) is 74.4 Å². The molecule has 0 spiro atoms. The predicted molar refractivity (Wildman–Crippen MR) is 164 cm³/mol. The number of piperidine rings is 1. The SMILES string of the molecule is O=C(NC1CCN(Cc2ccccc2)CC1)c1ccc(Oc2nc(Cc3ccccc3)ns2)c(CN2CCOCC2)c1. The maximum atomic E-state index is 13.4. The summed E-state index contributed by atoms with van der Waals surface area (Å²) in [6.07, 6.45) is 2.55. The summed E-state index contributed by atoms with van der Waals surface area (Å²) in [5.41, 5.74) is 4.10. The van der Waals surface area contributed by atoms with E-state index < -0.39 is 0 Å².